The summed E-state index contributed by atoms with van der Waals surface area (Å²) in [5.74, 6) is -0.0291. The van der Waals surface area contributed by atoms with Gasteiger partial charge in [-0.2, -0.15) is 13.2 Å². The highest BCUT2D eigenvalue weighted by Crippen LogP contribution is 2.30. The van der Waals surface area contributed by atoms with Gasteiger partial charge >= 0.3 is 6.18 Å². The fourth-order valence-corrected chi connectivity index (χ4v) is 2.57. The highest BCUT2D eigenvalue weighted by atomic mass is 19.4. The van der Waals surface area contributed by atoms with Gasteiger partial charge in [-0.25, -0.2) is 0 Å². The second-order valence-electron chi connectivity index (χ2n) is 5.90. The maximum atomic E-state index is 12.5. The number of amides is 1. The molecule has 1 aliphatic heterocycles. The number of hydrogen-bond acceptors (Lipinski definition) is 3. The van der Waals surface area contributed by atoms with Crippen molar-refractivity contribution in [3.63, 3.8) is 0 Å². The van der Waals surface area contributed by atoms with Crippen LogP contribution < -0.4 is 4.74 Å². The minimum absolute atomic E-state index is 0.00836. The van der Waals surface area contributed by atoms with Gasteiger partial charge in [-0.05, 0) is 43.5 Å². The summed E-state index contributed by atoms with van der Waals surface area (Å²) in [6, 6.07) is 4.25. The van der Waals surface area contributed by atoms with Crippen molar-refractivity contribution in [2.24, 2.45) is 5.92 Å². The highest BCUT2D eigenvalue weighted by molar-refractivity contribution is 5.81. The fourth-order valence-electron chi connectivity index (χ4n) is 2.57. The minimum Gasteiger partial charge on any atom is -0.481 e. The lowest BCUT2D eigenvalue weighted by atomic mass is 9.96. The Hall–Kier alpha value is -1.76. The van der Waals surface area contributed by atoms with Gasteiger partial charge in [0.1, 0.15) is 5.75 Å². The van der Waals surface area contributed by atoms with Crippen molar-refractivity contribution in [2.75, 3.05) is 13.1 Å². The van der Waals surface area contributed by atoms with Crippen LogP contribution in [0.4, 0.5) is 13.2 Å². The molecule has 1 aromatic carbocycles. The van der Waals surface area contributed by atoms with Crippen molar-refractivity contribution in [1.82, 2.24) is 4.90 Å². The molecule has 1 heterocycles. The molecule has 1 aromatic rings. The summed E-state index contributed by atoms with van der Waals surface area (Å²) in [6.45, 7) is 4.33. The van der Waals surface area contributed by atoms with Gasteiger partial charge in [0.25, 0.3) is 5.91 Å². The molecule has 4 nitrogen and oxygen atoms in total. The summed E-state index contributed by atoms with van der Waals surface area (Å²) in [4.78, 5) is 13.9. The summed E-state index contributed by atoms with van der Waals surface area (Å²) < 4.78 is 42.9. The molecule has 0 aromatic heterocycles. The van der Waals surface area contributed by atoms with Crippen LogP contribution in [0.1, 0.15) is 25.8 Å². The van der Waals surface area contributed by atoms with E-state index in [1.54, 1.807) is 11.8 Å². The smallest absolute Gasteiger partial charge is 0.416 e. The molecule has 2 rings (SSSR count). The average Bonchev–Trinajstić information content (AvgIpc) is 2.49. The van der Waals surface area contributed by atoms with Crippen LogP contribution in [0, 0.1) is 5.92 Å². The number of benzene rings is 1. The first-order valence-corrected chi connectivity index (χ1v) is 7.49. The number of rotatable bonds is 3. The van der Waals surface area contributed by atoms with Gasteiger partial charge < -0.3 is 14.7 Å². The number of halogens is 3. The van der Waals surface area contributed by atoms with Crippen LogP contribution in [0.3, 0.4) is 0 Å². The molecule has 0 aliphatic carbocycles. The Morgan fingerprint density at radius 3 is 2.48 bits per heavy atom. The zero-order valence-electron chi connectivity index (χ0n) is 13.0. The first-order valence-electron chi connectivity index (χ1n) is 7.49. The quantitative estimate of drug-likeness (QED) is 0.926. The molecule has 128 valence electrons. The molecule has 1 aliphatic rings. The predicted molar refractivity (Wildman–Crippen MR) is 77.9 cm³/mol. The number of carbonyl (C=O) groups is 1. The number of likely N-dealkylation sites (tertiary alicyclic amines) is 1. The maximum absolute atomic E-state index is 12.5. The van der Waals surface area contributed by atoms with E-state index in [9.17, 15) is 23.1 Å². The molecular weight excluding hydrogens is 311 g/mol. The fraction of sp³-hybridized carbons (Fsp3) is 0.562. The van der Waals surface area contributed by atoms with Crippen molar-refractivity contribution < 1.29 is 27.8 Å². The van der Waals surface area contributed by atoms with Gasteiger partial charge in [0.05, 0.1) is 11.7 Å². The Morgan fingerprint density at radius 1 is 1.35 bits per heavy atom. The molecular formula is C16H20F3NO3. The van der Waals surface area contributed by atoms with Crippen molar-refractivity contribution >= 4 is 5.91 Å². The third-order valence-corrected chi connectivity index (χ3v) is 4.01. The number of carbonyl (C=O) groups excluding carboxylic acids is 1. The summed E-state index contributed by atoms with van der Waals surface area (Å²) in [5.41, 5.74) is -0.761. The monoisotopic (exact) mass is 331 g/mol. The molecule has 1 fully saturated rings. The lowest BCUT2D eigenvalue weighted by Gasteiger charge is -2.35. The molecule has 1 N–H and O–H groups in total. The van der Waals surface area contributed by atoms with E-state index < -0.39 is 23.9 Å². The minimum atomic E-state index is -4.40. The van der Waals surface area contributed by atoms with Gasteiger partial charge in [-0.15, -0.1) is 0 Å². The van der Waals surface area contributed by atoms with E-state index in [-0.39, 0.29) is 17.6 Å². The number of ether oxygens (including phenoxy) is 1. The van der Waals surface area contributed by atoms with Gasteiger partial charge in [-0.3, -0.25) is 4.79 Å². The van der Waals surface area contributed by atoms with Crippen molar-refractivity contribution in [2.45, 2.75) is 38.7 Å². The summed E-state index contributed by atoms with van der Waals surface area (Å²) in [6.07, 6.45) is -5.09. The summed E-state index contributed by atoms with van der Waals surface area (Å²) >= 11 is 0. The van der Waals surface area contributed by atoms with Crippen LogP contribution in [-0.2, 0) is 11.0 Å². The molecule has 7 heteroatoms. The second-order valence-corrected chi connectivity index (χ2v) is 5.90. The first-order chi connectivity index (χ1) is 10.7. The largest absolute Gasteiger partial charge is 0.481 e. The molecule has 1 amide bonds. The highest BCUT2D eigenvalue weighted by Gasteiger charge is 2.31. The van der Waals surface area contributed by atoms with Crippen molar-refractivity contribution in [1.29, 1.82) is 0 Å². The Bertz CT molecular complexity index is 544. The predicted octanol–water partition coefficient (Wildman–Crippen LogP) is 2.70. The van der Waals surface area contributed by atoms with E-state index in [1.807, 2.05) is 6.92 Å². The van der Waals surface area contributed by atoms with Crippen LogP contribution in [0.5, 0.6) is 5.75 Å². The molecule has 0 bridgehead atoms. The van der Waals surface area contributed by atoms with Crippen molar-refractivity contribution in [3.05, 3.63) is 29.8 Å². The lowest BCUT2D eigenvalue weighted by molar-refractivity contribution is -0.141. The van der Waals surface area contributed by atoms with E-state index in [0.717, 1.165) is 12.1 Å². The van der Waals surface area contributed by atoms with E-state index in [1.165, 1.54) is 12.1 Å². The van der Waals surface area contributed by atoms with Crippen LogP contribution >= 0.6 is 0 Å². The van der Waals surface area contributed by atoms with E-state index in [2.05, 4.69) is 0 Å². The number of piperidine rings is 1. The normalized spacial score (nSPS) is 23.5. The third-order valence-electron chi connectivity index (χ3n) is 4.01. The molecule has 1 saturated heterocycles. The van der Waals surface area contributed by atoms with Crippen LogP contribution in [-0.4, -0.2) is 41.2 Å². The number of nitrogens with zero attached hydrogens (tertiary/aromatic N) is 1. The second kappa shape index (κ2) is 6.78. The number of aliphatic hydroxyl groups is 1. The number of hydrogen-bond donors (Lipinski definition) is 1. The Kier molecular flexibility index (Phi) is 5.19. The summed E-state index contributed by atoms with van der Waals surface area (Å²) in [5, 5.41) is 9.68. The standard InChI is InChI=1S/C16H20F3NO3/c1-10-9-20(8-7-14(10)21)15(22)11(2)23-13-5-3-12(4-6-13)16(17,18)19/h3-6,10-11,14,21H,7-9H2,1-2H3/t10-,11-,14-/m0/s1. The molecule has 23 heavy (non-hydrogen) atoms. The maximum Gasteiger partial charge on any atom is 0.416 e. The first kappa shape index (κ1) is 17.6. The van der Waals surface area contributed by atoms with E-state index in [4.69, 9.17) is 4.74 Å². The van der Waals surface area contributed by atoms with Gasteiger partial charge in [0.15, 0.2) is 6.10 Å². The Labute approximate surface area is 132 Å². The van der Waals surface area contributed by atoms with Crippen LogP contribution in [0.25, 0.3) is 0 Å². The molecule has 0 spiro atoms. The van der Waals surface area contributed by atoms with Crippen LogP contribution in [0.2, 0.25) is 0 Å². The van der Waals surface area contributed by atoms with Gasteiger partial charge in [0.2, 0.25) is 0 Å². The van der Waals surface area contributed by atoms with Gasteiger partial charge in [-0.1, -0.05) is 6.92 Å². The third kappa shape index (κ3) is 4.37. The van der Waals surface area contributed by atoms with E-state index >= 15 is 0 Å². The SMILES string of the molecule is C[C@H](Oc1ccc(C(F)(F)F)cc1)C(=O)N1CC[C@H](O)[C@@H](C)C1. The topological polar surface area (TPSA) is 49.8 Å². The lowest BCUT2D eigenvalue weighted by Crippen LogP contribution is -2.49. The van der Waals surface area contributed by atoms with Crippen molar-refractivity contribution in [3.8, 4) is 5.75 Å². The number of alkyl halides is 3. The average molecular weight is 331 g/mol. The molecule has 3 atom stereocenters. The van der Waals surface area contributed by atoms with Gasteiger partial charge in [0, 0.05) is 13.1 Å². The molecule has 0 unspecified atom stereocenters. The molecule has 0 radical (unpaired) electrons. The zero-order chi connectivity index (χ0) is 17.2. The van der Waals surface area contributed by atoms with Crippen LogP contribution in [0.15, 0.2) is 24.3 Å². The number of aliphatic hydroxyl groups excluding tert-OH is 1. The van der Waals surface area contributed by atoms with E-state index in [0.29, 0.717) is 19.5 Å². The molecule has 0 saturated carbocycles. The Morgan fingerprint density at radius 2 is 1.96 bits per heavy atom. The zero-order valence-corrected chi connectivity index (χ0v) is 13.0. The summed E-state index contributed by atoms with van der Waals surface area (Å²) in [7, 11) is 0. The Balaban J connectivity index is 1.96.